The van der Waals surface area contributed by atoms with E-state index in [2.05, 4.69) is 93.9 Å². The molecule has 5 rings (SSSR count). The van der Waals surface area contributed by atoms with Crippen molar-refractivity contribution in [3.05, 3.63) is 95.5 Å². The number of likely N-dealkylation sites (tertiary alicyclic amines) is 1. The van der Waals surface area contributed by atoms with Crippen LogP contribution in [0, 0.1) is 18.3 Å². The lowest BCUT2D eigenvalue weighted by Gasteiger charge is -2.31. The molecule has 0 saturated carbocycles. The molecule has 1 saturated heterocycles. The van der Waals surface area contributed by atoms with Crippen LogP contribution in [0.2, 0.25) is 0 Å². The Labute approximate surface area is 207 Å². The summed E-state index contributed by atoms with van der Waals surface area (Å²) < 4.78 is 0. The molecule has 4 aromatic rings. The zero-order valence-corrected chi connectivity index (χ0v) is 20.2. The number of H-pyrrole nitrogens is 1. The standard InChI is InChI=1S/C30H31N5/c1-22-27-12-15-33-29(27)11-10-28(22)34-30-25(20-32-21-26(30)19-31)9-5-6-16-35-17-13-24(14-18-35)23-7-3-2-4-8-23/h2-5,7-12,15,20-21,24,33H,6,13-14,16-18H2,1H3,(H,32,34)/b9-5+. The quantitative estimate of drug-likeness (QED) is 0.319. The molecule has 0 bridgehead atoms. The summed E-state index contributed by atoms with van der Waals surface area (Å²) >= 11 is 0. The molecule has 5 heteroatoms. The zero-order chi connectivity index (χ0) is 24.0. The first-order valence-electron chi connectivity index (χ1n) is 12.4. The Bertz CT molecular complexity index is 1350. The minimum absolute atomic E-state index is 0.545. The number of anilines is 2. The maximum absolute atomic E-state index is 9.71. The number of nitrogens with zero attached hydrogens (tertiary/aromatic N) is 3. The predicted molar refractivity (Wildman–Crippen MR) is 144 cm³/mol. The second kappa shape index (κ2) is 10.6. The average molecular weight is 462 g/mol. The number of rotatable bonds is 7. The van der Waals surface area contributed by atoms with E-state index in [1.807, 2.05) is 12.4 Å². The highest BCUT2D eigenvalue weighted by Gasteiger charge is 2.19. The number of benzene rings is 2. The molecule has 5 nitrogen and oxygen atoms in total. The van der Waals surface area contributed by atoms with E-state index in [-0.39, 0.29) is 0 Å². The van der Waals surface area contributed by atoms with Crippen LogP contribution in [0.5, 0.6) is 0 Å². The molecule has 0 aliphatic carbocycles. The third kappa shape index (κ3) is 5.13. The maximum atomic E-state index is 9.71. The summed E-state index contributed by atoms with van der Waals surface area (Å²) in [5, 5.41) is 14.4. The number of nitrogens with one attached hydrogen (secondary N) is 2. The average Bonchev–Trinajstić information content (AvgIpc) is 3.39. The lowest BCUT2D eigenvalue weighted by atomic mass is 9.89. The maximum Gasteiger partial charge on any atom is 0.103 e. The van der Waals surface area contributed by atoms with Crippen LogP contribution in [-0.2, 0) is 0 Å². The van der Waals surface area contributed by atoms with Gasteiger partial charge in [-0.25, -0.2) is 0 Å². The molecule has 35 heavy (non-hydrogen) atoms. The smallest absolute Gasteiger partial charge is 0.103 e. The van der Waals surface area contributed by atoms with Crippen molar-refractivity contribution < 1.29 is 0 Å². The van der Waals surface area contributed by atoms with Gasteiger partial charge in [0, 0.05) is 47.3 Å². The first-order chi connectivity index (χ1) is 17.2. The highest BCUT2D eigenvalue weighted by atomic mass is 15.1. The van der Waals surface area contributed by atoms with Crippen molar-refractivity contribution >= 4 is 28.4 Å². The summed E-state index contributed by atoms with van der Waals surface area (Å²) in [5.41, 5.74) is 7.01. The highest BCUT2D eigenvalue weighted by molar-refractivity contribution is 5.89. The van der Waals surface area contributed by atoms with E-state index in [0.29, 0.717) is 11.5 Å². The van der Waals surface area contributed by atoms with Crippen LogP contribution < -0.4 is 5.32 Å². The van der Waals surface area contributed by atoms with Gasteiger partial charge in [-0.2, -0.15) is 5.26 Å². The summed E-state index contributed by atoms with van der Waals surface area (Å²) in [6.45, 7) is 5.44. The van der Waals surface area contributed by atoms with Gasteiger partial charge < -0.3 is 15.2 Å². The number of aromatic amines is 1. The molecule has 2 aromatic heterocycles. The van der Waals surface area contributed by atoms with Crippen LogP contribution in [0.25, 0.3) is 17.0 Å². The molecular weight excluding hydrogens is 430 g/mol. The van der Waals surface area contributed by atoms with Crippen molar-refractivity contribution in [2.24, 2.45) is 0 Å². The van der Waals surface area contributed by atoms with Gasteiger partial charge in [-0.15, -0.1) is 0 Å². The van der Waals surface area contributed by atoms with Crippen molar-refractivity contribution in [2.45, 2.75) is 32.1 Å². The number of nitriles is 1. The molecule has 1 aliphatic heterocycles. The molecule has 0 amide bonds. The summed E-state index contributed by atoms with van der Waals surface area (Å²) in [5.74, 6) is 0.686. The summed E-state index contributed by atoms with van der Waals surface area (Å²) in [6.07, 6.45) is 13.1. The van der Waals surface area contributed by atoms with Gasteiger partial charge in [0.25, 0.3) is 0 Å². The molecule has 3 heterocycles. The van der Waals surface area contributed by atoms with E-state index in [4.69, 9.17) is 0 Å². The number of hydrogen-bond donors (Lipinski definition) is 2. The number of hydrogen-bond acceptors (Lipinski definition) is 4. The lowest BCUT2D eigenvalue weighted by Crippen LogP contribution is -2.33. The predicted octanol–water partition coefficient (Wildman–Crippen LogP) is 6.77. The van der Waals surface area contributed by atoms with E-state index in [1.54, 1.807) is 6.20 Å². The largest absolute Gasteiger partial charge is 0.361 e. The fourth-order valence-electron chi connectivity index (χ4n) is 5.06. The lowest BCUT2D eigenvalue weighted by molar-refractivity contribution is 0.216. The van der Waals surface area contributed by atoms with Crippen LogP contribution in [-0.4, -0.2) is 34.5 Å². The van der Waals surface area contributed by atoms with Crippen LogP contribution in [0.1, 0.15) is 47.4 Å². The van der Waals surface area contributed by atoms with Gasteiger partial charge in [0.2, 0.25) is 0 Å². The topological polar surface area (TPSA) is 67.7 Å². The molecule has 2 N–H and O–H groups in total. The van der Waals surface area contributed by atoms with E-state index >= 15 is 0 Å². The normalized spacial score (nSPS) is 15.0. The third-order valence-corrected chi connectivity index (χ3v) is 7.13. The van der Waals surface area contributed by atoms with Gasteiger partial charge in [-0.1, -0.05) is 42.5 Å². The number of pyridine rings is 1. The minimum Gasteiger partial charge on any atom is -0.361 e. The first kappa shape index (κ1) is 22.9. The van der Waals surface area contributed by atoms with Crippen LogP contribution in [0.3, 0.4) is 0 Å². The van der Waals surface area contributed by atoms with Crippen molar-refractivity contribution in [1.82, 2.24) is 14.9 Å². The Morgan fingerprint density at radius 2 is 1.94 bits per heavy atom. The van der Waals surface area contributed by atoms with Gasteiger partial charge in [0.15, 0.2) is 0 Å². The highest BCUT2D eigenvalue weighted by Crippen LogP contribution is 2.31. The molecule has 0 radical (unpaired) electrons. The van der Waals surface area contributed by atoms with Crippen LogP contribution in [0.4, 0.5) is 11.4 Å². The van der Waals surface area contributed by atoms with Crippen LogP contribution >= 0.6 is 0 Å². The molecule has 1 aliphatic rings. The fourth-order valence-corrected chi connectivity index (χ4v) is 5.06. The number of fused-ring (bicyclic) bond motifs is 1. The van der Waals surface area contributed by atoms with Gasteiger partial charge in [-0.3, -0.25) is 4.98 Å². The Hall–Kier alpha value is -3.88. The number of aromatic nitrogens is 2. The Morgan fingerprint density at radius 1 is 1.11 bits per heavy atom. The van der Waals surface area contributed by atoms with Crippen LogP contribution in [0.15, 0.2) is 73.2 Å². The number of piperidine rings is 1. The zero-order valence-electron chi connectivity index (χ0n) is 20.2. The van der Waals surface area contributed by atoms with Gasteiger partial charge >= 0.3 is 0 Å². The Kier molecular flexibility index (Phi) is 6.92. The Morgan fingerprint density at radius 3 is 2.74 bits per heavy atom. The van der Waals surface area contributed by atoms with Gasteiger partial charge in [0.05, 0.1) is 11.3 Å². The molecule has 0 atom stereocenters. The SMILES string of the molecule is Cc1c(Nc2c(C#N)cncc2/C=C/CCN2CCC(c3ccccc3)CC2)ccc2[nH]ccc12. The van der Waals surface area contributed by atoms with Crippen molar-refractivity contribution in [1.29, 1.82) is 5.26 Å². The molecule has 176 valence electrons. The Balaban J connectivity index is 1.23. The van der Waals surface area contributed by atoms with E-state index in [0.717, 1.165) is 54.1 Å². The fraction of sp³-hybridized carbons (Fsp3) is 0.267. The summed E-state index contributed by atoms with van der Waals surface area (Å²) in [6, 6.07) is 19.4. The number of aryl methyl sites for hydroxylation is 1. The van der Waals surface area contributed by atoms with E-state index < -0.39 is 0 Å². The monoisotopic (exact) mass is 461 g/mol. The van der Waals surface area contributed by atoms with Crippen molar-refractivity contribution in [3.8, 4) is 6.07 Å². The first-order valence-corrected chi connectivity index (χ1v) is 12.4. The summed E-state index contributed by atoms with van der Waals surface area (Å²) in [4.78, 5) is 10.1. The van der Waals surface area contributed by atoms with Crippen molar-refractivity contribution in [3.63, 3.8) is 0 Å². The summed E-state index contributed by atoms with van der Waals surface area (Å²) in [7, 11) is 0. The minimum atomic E-state index is 0.545. The van der Waals surface area contributed by atoms with E-state index in [9.17, 15) is 5.26 Å². The van der Waals surface area contributed by atoms with E-state index in [1.165, 1.54) is 23.8 Å². The molecule has 0 unspecified atom stereocenters. The second-order valence-electron chi connectivity index (χ2n) is 9.28. The van der Waals surface area contributed by atoms with Crippen molar-refractivity contribution in [2.75, 3.05) is 25.0 Å². The molecule has 2 aromatic carbocycles. The molecule has 0 spiro atoms. The molecule has 1 fully saturated rings. The third-order valence-electron chi connectivity index (χ3n) is 7.13. The van der Waals surface area contributed by atoms with Gasteiger partial charge in [0.1, 0.15) is 6.07 Å². The van der Waals surface area contributed by atoms with Gasteiger partial charge in [-0.05, 0) is 74.5 Å². The second-order valence-corrected chi connectivity index (χ2v) is 9.28. The molecular formula is C30H31N5.